The van der Waals surface area contributed by atoms with Crippen molar-refractivity contribution in [3.8, 4) is 0 Å². The molecule has 2 saturated carbocycles. The number of hydrogen-bond acceptors (Lipinski definition) is 10. The van der Waals surface area contributed by atoms with Gasteiger partial charge in [-0.15, -0.1) is 0 Å². The van der Waals surface area contributed by atoms with Gasteiger partial charge in [0.25, 0.3) is 0 Å². The minimum Gasteiger partial charge on any atom is -0.459 e. The Balaban J connectivity index is 1.72. The van der Waals surface area contributed by atoms with Crippen LogP contribution in [0.25, 0.3) is 0 Å². The Bertz CT molecular complexity index is 925. The first-order valence-electron chi connectivity index (χ1n) is 10.2. The monoisotopic (exact) mass is 424 g/mol. The van der Waals surface area contributed by atoms with E-state index in [4.69, 9.17) is 18.9 Å². The zero-order chi connectivity index (χ0) is 21.8. The fourth-order valence-electron chi connectivity index (χ4n) is 8.12. The molecule has 30 heavy (non-hydrogen) atoms. The van der Waals surface area contributed by atoms with E-state index in [-0.39, 0.29) is 6.42 Å². The van der Waals surface area contributed by atoms with Crippen molar-refractivity contribution in [2.75, 3.05) is 0 Å². The molecule has 2 aliphatic carbocycles. The second kappa shape index (κ2) is 4.69. The number of ether oxygens (including phenoxy) is 4. The summed E-state index contributed by atoms with van der Waals surface area (Å²) in [5, 5.41) is 34.7. The maximum Gasteiger partial charge on any atom is 0.343 e. The highest BCUT2D eigenvalue weighted by Crippen LogP contribution is 2.84. The molecule has 3 N–H and O–H groups in total. The van der Waals surface area contributed by atoms with Gasteiger partial charge in [-0.05, 0) is 24.7 Å². The lowest BCUT2D eigenvalue weighted by molar-refractivity contribution is -0.239. The Morgan fingerprint density at radius 3 is 2.33 bits per heavy atom. The van der Waals surface area contributed by atoms with Crippen molar-refractivity contribution in [3.05, 3.63) is 0 Å². The first-order valence-corrected chi connectivity index (χ1v) is 10.2. The number of esters is 3. The van der Waals surface area contributed by atoms with Crippen LogP contribution in [0.5, 0.6) is 0 Å². The molecular weight excluding hydrogens is 400 g/mol. The molecule has 0 aromatic rings. The van der Waals surface area contributed by atoms with Gasteiger partial charge in [-0.2, -0.15) is 0 Å². The number of carbonyl (C=O) groups is 3. The summed E-state index contributed by atoms with van der Waals surface area (Å²) in [6.07, 6.45) is -6.91. The topological polar surface area (TPSA) is 149 Å². The maximum atomic E-state index is 13.4. The Morgan fingerprint density at radius 1 is 1.03 bits per heavy atom. The average Bonchev–Trinajstić information content (AvgIpc) is 3.35. The Kier molecular flexibility index (Phi) is 2.97. The van der Waals surface area contributed by atoms with Gasteiger partial charge in [0.1, 0.15) is 12.2 Å². The van der Waals surface area contributed by atoms with E-state index < -0.39 is 87.9 Å². The van der Waals surface area contributed by atoms with Crippen LogP contribution in [0, 0.1) is 28.1 Å². The lowest BCUT2D eigenvalue weighted by Crippen LogP contribution is -2.67. The van der Waals surface area contributed by atoms with Gasteiger partial charge in [0.05, 0.1) is 16.7 Å². The van der Waals surface area contributed by atoms with Gasteiger partial charge in [-0.25, -0.2) is 9.59 Å². The van der Waals surface area contributed by atoms with Crippen molar-refractivity contribution in [1.82, 2.24) is 0 Å². The molecule has 2 spiro atoms. The van der Waals surface area contributed by atoms with Crippen molar-refractivity contribution >= 4 is 17.9 Å². The smallest absolute Gasteiger partial charge is 0.343 e. The number of carbonyl (C=O) groups excluding carboxylic acids is 3. The molecule has 10 nitrogen and oxygen atoms in total. The largest absolute Gasteiger partial charge is 0.459 e. The van der Waals surface area contributed by atoms with Crippen LogP contribution in [0.15, 0.2) is 0 Å². The molecule has 0 unspecified atom stereocenters. The molecule has 4 saturated heterocycles. The number of hydrogen-bond donors (Lipinski definition) is 3. The quantitative estimate of drug-likeness (QED) is 0.314. The minimum atomic E-state index is -2.24. The second-order valence-electron chi connectivity index (χ2n) is 10.7. The minimum absolute atomic E-state index is 0.229. The van der Waals surface area contributed by atoms with Crippen LogP contribution in [0.2, 0.25) is 0 Å². The van der Waals surface area contributed by atoms with E-state index in [0.717, 1.165) is 0 Å². The van der Waals surface area contributed by atoms with Crippen molar-refractivity contribution < 1.29 is 48.7 Å². The van der Waals surface area contributed by atoms with E-state index in [1.54, 1.807) is 0 Å². The molecule has 0 radical (unpaired) electrons. The standard InChI is InChI=1S/C20H24O10/c1-6-12(23)28-11-9(21)18-8-5-7(16(2,3)4)17(18)10(22)13(24)29-15(17)30-20(18,14(25)27-8)19(6,11)26/h6-11,15,21-22,26H,5H2,1-4H3/t6-,7+,8-,9-,10+,11+,15+,17+,18-,19-,20-/m1/s1. The molecule has 0 aromatic carbocycles. The van der Waals surface area contributed by atoms with Gasteiger partial charge in [-0.3, -0.25) is 4.79 Å². The van der Waals surface area contributed by atoms with Crippen LogP contribution in [0.3, 0.4) is 0 Å². The third-order valence-electron chi connectivity index (χ3n) is 9.00. The Labute approximate surface area is 171 Å². The molecule has 11 atom stereocenters. The van der Waals surface area contributed by atoms with Crippen molar-refractivity contribution in [3.63, 3.8) is 0 Å². The zero-order valence-electron chi connectivity index (χ0n) is 16.9. The first kappa shape index (κ1) is 19.0. The summed E-state index contributed by atoms with van der Waals surface area (Å²) in [4.78, 5) is 38.2. The third kappa shape index (κ3) is 1.33. The van der Waals surface area contributed by atoms with Crippen molar-refractivity contribution in [2.24, 2.45) is 28.1 Å². The summed E-state index contributed by atoms with van der Waals surface area (Å²) < 4.78 is 22.5. The second-order valence-corrected chi connectivity index (χ2v) is 10.7. The van der Waals surface area contributed by atoms with Gasteiger partial charge >= 0.3 is 17.9 Å². The molecule has 0 amide bonds. The number of aliphatic hydroxyl groups is 3. The van der Waals surface area contributed by atoms with Crippen LogP contribution < -0.4 is 0 Å². The summed E-state index contributed by atoms with van der Waals surface area (Å²) in [7, 11) is 0. The summed E-state index contributed by atoms with van der Waals surface area (Å²) in [6.45, 7) is 7.14. The summed E-state index contributed by atoms with van der Waals surface area (Å²) in [5.74, 6) is -4.32. The van der Waals surface area contributed by atoms with Gasteiger partial charge in [0.2, 0.25) is 11.9 Å². The van der Waals surface area contributed by atoms with E-state index in [1.807, 2.05) is 20.8 Å². The average molecular weight is 424 g/mol. The van der Waals surface area contributed by atoms with Crippen molar-refractivity contribution in [2.45, 2.75) is 76.0 Å². The van der Waals surface area contributed by atoms with Gasteiger partial charge in [0, 0.05) is 0 Å². The molecule has 4 heterocycles. The van der Waals surface area contributed by atoms with E-state index in [1.165, 1.54) is 6.92 Å². The van der Waals surface area contributed by atoms with E-state index in [9.17, 15) is 29.7 Å². The molecule has 6 aliphatic rings. The summed E-state index contributed by atoms with van der Waals surface area (Å²) in [5.41, 5.74) is -8.26. The highest BCUT2D eigenvalue weighted by Gasteiger charge is 3.03. The molecule has 6 fully saturated rings. The van der Waals surface area contributed by atoms with Crippen LogP contribution >= 0.6 is 0 Å². The summed E-state index contributed by atoms with van der Waals surface area (Å²) >= 11 is 0. The van der Waals surface area contributed by atoms with Crippen LogP contribution in [-0.4, -0.2) is 75.1 Å². The Morgan fingerprint density at radius 2 is 1.70 bits per heavy atom. The number of fused-ring (bicyclic) bond motifs is 1. The SMILES string of the molecule is C[C@@H]1C(=O)O[C@H]2[C@@H](O)[C@]34[C@H]5C[C@@H](C(C)(C)C)[C@]36[C@@H](OC(=O)[C@@H]6O)O[C@@]4(C(=O)O5)[C@@]12O. The Hall–Kier alpha value is -1.75. The normalized spacial score (nSPS) is 60.1. The lowest BCUT2D eigenvalue weighted by atomic mass is 9.51. The van der Waals surface area contributed by atoms with E-state index in [0.29, 0.717) is 0 Å². The third-order valence-corrected chi connectivity index (χ3v) is 9.00. The van der Waals surface area contributed by atoms with Crippen molar-refractivity contribution in [1.29, 1.82) is 0 Å². The van der Waals surface area contributed by atoms with E-state index in [2.05, 4.69) is 0 Å². The molecule has 0 aromatic heterocycles. The maximum absolute atomic E-state index is 13.4. The fourth-order valence-corrected chi connectivity index (χ4v) is 8.12. The zero-order valence-corrected chi connectivity index (χ0v) is 16.9. The molecule has 10 heteroatoms. The number of rotatable bonds is 0. The first-order chi connectivity index (χ1) is 13.8. The molecular formula is C20H24O10. The van der Waals surface area contributed by atoms with E-state index >= 15 is 0 Å². The molecule has 6 rings (SSSR count). The summed E-state index contributed by atoms with van der Waals surface area (Å²) in [6, 6.07) is 0. The van der Waals surface area contributed by atoms with Crippen LogP contribution in [-0.2, 0) is 33.3 Å². The van der Waals surface area contributed by atoms with Crippen LogP contribution in [0.1, 0.15) is 34.1 Å². The molecule has 164 valence electrons. The predicted molar refractivity (Wildman–Crippen MR) is 92.0 cm³/mol. The van der Waals surface area contributed by atoms with Gasteiger partial charge < -0.3 is 34.3 Å². The number of aliphatic hydroxyl groups excluding tert-OH is 2. The highest BCUT2D eigenvalue weighted by atomic mass is 16.8. The fraction of sp³-hybridized carbons (Fsp3) is 0.850. The van der Waals surface area contributed by atoms with Crippen LogP contribution in [0.4, 0.5) is 0 Å². The molecule has 4 aliphatic heterocycles. The highest BCUT2D eigenvalue weighted by molar-refractivity contribution is 5.94. The molecule has 0 bridgehead atoms. The van der Waals surface area contributed by atoms with Gasteiger partial charge in [0.15, 0.2) is 17.8 Å². The lowest BCUT2D eigenvalue weighted by Gasteiger charge is -2.47. The predicted octanol–water partition coefficient (Wildman–Crippen LogP) is -1.37. The van der Waals surface area contributed by atoms with Gasteiger partial charge in [-0.1, -0.05) is 20.8 Å².